The van der Waals surface area contributed by atoms with Crippen molar-refractivity contribution in [2.75, 3.05) is 0 Å². The van der Waals surface area contributed by atoms with E-state index in [9.17, 15) is 14.4 Å². The Morgan fingerprint density at radius 3 is 2.79 bits per heavy atom. The van der Waals surface area contributed by atoms with Gasteiger partial charge in [-0.15, -0.1) is 0 Å². The average Bonchev–Trinajstić information content (AvgIpc) is 2.78. The zero-order valence-electron chi connectivity index (χ0n) is 12.5. The molecule has 3 heterocycles. The molecule has 2 aliphatic rings. The van der Waals surface area contributed by atoms with Gasteiger partial charge in [0, 0.05) is 24.7 Å². The van der Waals surface area contributed by atoms with Crippen LogP contribution in [0.25, 0.3) is 6.08 Å². The molecule has 1 aromatic heterocycles. The molecular weight excluding hydrogens is 330 g/mol. The molecule has 7 nitrogen and oxygen atoms in total. The van der Waals surface area contributed by atoms with E-state index < -0.39 is 17.7 Å². The lowest BCUT2D eigenvalue weighted by Gasteiger charge is -2.14. The lowest BCUT2D eigenvalue weighted by Crippen LogP contribution is -2.29. The van der Waals surface area contributed by atoms with Crippen molar-refractivity contribution in [1.29, 1.82) is 0 Å². The summed E-state index contributed by atoms with van der Waals surface area (Å²) in [5.74, 6) is -1.64. The number of cyclic esters (lactones) is 1. The molecule has 3 rings (SSSR count). The fraction of sp³-hybridized carbons (Fsp3) is 0.0625. The third kappa shape index (κ3) is 2.99. The SMILES string of the molecule is CC1=CC(=O)/C(=C\N2C(=O)/C(=C\c3cccnc3)NC2=S)C(=O)O1. The molecule has 8 heteroatoms. The summed E-state index contributed by atoms with van der Waals surface area (Å²) in [6.45, 7) is 1.49. The summed E-state index contributed by atoms with van der Waals surface area (Å²) in [4.78, 5) is 41.2. The lowest BCUT2D eigenvalue weighted by molar-refractivity contribution is -0.137. The molecule has 0 radical (unpaired) electrons. The van der Waals surface area contributed by atoms with E-state index in [-0.39, 0.29) is 22.1 Å². The maximum absolute atomic E-state index is 12.4. The van der Waals surface area contributed by atoms with Gasteiger partial charge in [-0.2, -0.15) is 0 Å². The Bertz CT molecular complexity index is 855. The Morgan fingerprint density at radius 1 is 1.33 bits per heavy atom. The van der Waals surface area contributed by atoms with Crippen LogP contribution >= 0.6 is 12.2 Å². The molecule has 1 saturated heterocycles. The van der Waals surface area contributed by atoms with Crippen molar-refractivity contribution in [3.63, 3.8) is 0 Å². The van der Waals surface area contributed by atoms with E-state index in [1.165, 1.54) is 13.0 Å². The van der Waals surface area contributed by atoms with Gasteiger partial charge < -0.3 is 10.1 Å². The van der Waals surface area contributed by atoms with Crippen molar-refractivity contribution in [3.05, 3.63) is 59.4 Å². The predicted octanol–water partition coefficient (Wildman–Crippen LogP) is 1.05. The molecule has 1 N–H and O–H groups in total. The number of nitrogens with zero attached hydrogens (tertiary/aromatic N) is 2. The smallest absolute Gasteiger partial charge is 0.348 e. The Labute approximate surface area is 142 Å². The summed E-state index contributed by atoms with van der Waals surface area (Å²) in [5, 5.41) is 2.81. The maximum atomic E-state index is 12.4. The molecule has 1 fully saturated rings. The van der Waals surface area contributed by atoms with E-state index in [0.29, 0.717) is 5.56 Å². The summed E-state index contributed by atoms with van der Waals surface area (Å²) in [6.07, 6.45) is 7.04. The van der Waals surface area contributed by atoms with E-state index in [1.54, 1.807) is 30.6 Å². The molecule has 0 atom stereocenters. The van der Waals surface area contributed by atoms with Gasteiger partial charge in [0.05, 0.1) is 0 Å². The molecule has 0 aliphatic carbocycles. The Balaban J connectivity index is 1.91. The number of pyridine rings is 1. The highest BCUT2D eigenvalue weighted by atomic mass is 32.1. The normalized spacial score (nSPS) is 21.2. The predicted molar refractivity (Wildman–Crippen MR) is 87.7 cm³/mol. The maximum Gasteiger partial charge on any atom is 0.348 e. The van der Waals surface area contributed by atoms with Crippen molar-refractivity contribution in [2.45, 2.75) is 6.92 Å². The summed E-state index contributed by atoms with van der Waals surface area (Å²) >= 11 is 5.09. The van der Waals surface area contributed by atoms with E-state index in [1.807, 2.05) is 0 Å². The van der Waals surface area contributed by atoms with Gasteiger partial charge in [-0.3, -0.25) is 19.5 Å². The van der Waals surface area contributed by atoms with Gasteiger partial charge in [-0.1, -0.05) is 6.07 Å². The van der Waals surface area contributed by atoms with Crippen LogP contribution in [-0.2, 0) is 19.1 Å². The van der Waals surface area contributed by atoms with Crippen molar-refractivity contribution < 1.29 is 19.1 Å². The third-order valence-corrected chi connectivity index (χ3v) is 3.54. The molecule has 120 valence electrons. The van der Waals surface area contributed by atoms with Crippen molar-refractivity contribution in [3.8, 4) is 0 Å². The fourth-order valence-electron chi connectivity index (χ4n) is 2.13. The minimum absolute atomic E-state index is 0.0644. The minimum Gasteiger partial charge on any atom is -0.427 e. The molecule has 24 heavy (non-hydrogen) atoms. The van der Waals surface area contributed by atoms with Crippen molar-refractivity contribution in [1.82, 2.24) is 15.2 Å². The number of ether oxygens (including phenoxy) is 1. The number of hydrogen-bond donors (Lipinski definition) is 1. The number of hydrogen-bond acceptors (Lipinski definition) is 6. The third-order valence-electron chi connectivity index (χ3n) is 3.24. The van der Waals surface area contributed by atoms with E-state index in [0.717, 1.165) is 11.1 Å². The minimum atomic E-state index is -0.819. The number of esters is 1. The Kier molecular flexibility index (Phi) is 4.05. The van der Waals surface area contributed by atoms with Gasteiger partial charge in [-0.05, 0) is 36.8 Å². The second-order valence-electron chi connectivity index (χ2n) is 5.00. The quantitative estimate of drug-likeness (QED) is 0.372. The van der Waals surface area contributed by atoms with Crippen molar-refractivity contribution >= 4 is 41.1 Å². The van der Waals surface area contributed by atoms with E-state index in [2.05, 4.69) is 10.3 Å². The van der Waals surface area contributed by atoms with Crippen LogP contribution in [0.2, 0.25) is 0 Å². The highest BCUT2D eigenvalue weighted by Crippen LogP contribution is 2.19. The lowest BCUT2D eigenvalue weighted by atomic mass is 10.1. The van der Waals surface area contributed by atoms with Crippen LogP contribution in [0.1, 0.15) is 12.5 Å². The first-order chi connectivity index (χ1) is 11.5. The Hall–Kier alpha value is -3.13. The van der Waals surface area contributed by atoms with Gasteiger partial charge >= 0.3 is 5.97 Å². The first kappa shape index (κ1) is 15.8. The number of nitrogens with one attached hydrogen (secondary N) is 1. The number of amides is 1. The van der Waals surface area contributed by atoms with Crippen LogP contribution in [0.4, 0.5) is 0 Å². The number of carbonyl (C=O) groups excluding carboxylic acids is 3. The molecular formula is C16H11N3O4S. The summed E-state index contributed by atoms with van der Waals surface area (Å²) in [7, 11) is 0. The topological polar surface area (TPSA) is 88.6 Å². The fourth-order valence-corrected chi connectivity index (χ4v) is 2.38. The summed E-state index contributed by atoms with van der Waals surface area (Å²) in [6, 6.07) is 3.50. The highest BCUT2D eigenvalue weighted by Gasteiger charge is 2.33. The Morgan fingerprint density at radius 2 is 2.12 bits per heavy atom. The number of aromatic nitrogens is 1. The van der Waals surface area contributed by atoms with Gasteiger partial charge in [0.2, 0.25) is 0 Å². The van der Waals surface area contributed by atoms with Crippen LogP contribution in [0.5, 0.6) is 0 Å². The molecule has 0 spiro atoms. The molecule has 0 aromatic carbocycles. The standard InChI is InChI=1S/C16H11N3O4S/c1-9-5-13(20)11(15(22)23-9)8-19-14(21)12(18-16(19)24)6-10-3-2-4-17-7-10/h2-8H,1H3,(H,18,24)/b11-8+,12-6+. The molecule has 0 saturated carbocycles. The molecule has 1 aromatic rings. The van der Waals surface area contributed by atoms with E-state index in [4.69, 9.17) is 17.0 Å². The molecule has 2 aliphatic heterocycles. The number of thiocarbonyl (C=S) groups is 1. The second kappa shape index (κ2) is 6.17. The monoisotopic (exact) mass is 341 g/mol. The van der Waals surface area contributed by atoms with Crippen LogP contribution in [0.3, 0.4) is 0 Å². The van der Waals surface area contributed by atoms with Crippen LogP contribution in [0, 0.1) is 0 Å². The molecule has 0 unspecified atom stereocenters. The highest BCUT2D eigenvalue weighted by molar-refractivity contribution is 7.80. The number of rotatable bonds is 2. The first-order valence-corrected chi connectivity index (χ1v) is 7.29. The number of carbonyl (C=O) groups is 3. The zero-order chi connectivity index (χ0) is 17.3. The summed E-state index contributed by atoms with van der Waals surface area (Å²) < 4.78 is 4.88. The largest absolute Gasteiger partial charge is 0.427 e. The molecule has 0 bridgehead atoms. The average molecular weight is 341 g/mol. The van der Waals surface area contributed by atoms with E-state index >= 15 is 0 Å². The van der Waals surface area contributed by atoms with Gasteiger partial charge in [0.25, 0.3) is 5.91 Å². The van der Waals surface area contributed by atoms with Crippen LogP contribution < -0.4 is 5.32 Å². The number of ketones is 1. The van der Waals surface area contributed by atoms with Crippen LogP contribution in [-0.4, -0.2) is 32.7 Å². The van der Waals surface area contributed by atoms with Crippen LogP contribution in [0.15, 0.2) is 53.8 Å². The van der Waals surface area contributed by atoms with Gasteiger partial charge in [0.15, 0.2) is 10.9 Å². The second-order valence-corrected chi connectivity index (χ2v) is 5.39. The summed E-state index contributed by atoms with van der Waals surface area (Å²) in [5.41, 5.74) is 0.659. The van der Waals surface area contributed by atoms with Gasteiger partial charge in [0.1, 0.15) is 17.0 Å². The molecule has 1 amide bonds. The van der Waals surface area contributed by atoms with Gasteiger partial charge in [-0.25, -0.2) is 4.79 Å². The number of allylic oxidation sites excluding steroid dienone is 2. The van der Waals surface area contributed by atoms with Crippen molar-refractivity contribution in [2.24, 2.45) is 0 Å². The zero-order valence-corrected chi connectivity index (χ0v) is 13.3. The first-order valence-electron chi connectivity index (χ1n) is 6.88.